The molecule has 2 aromatic carbocycles. The number of sulfonamides is 1. The molecule has 1 fully saturated rings. The molecule has 0 atom stereocenters. The van der Waals surface area contributed by atoms with Gasteiger partial charge in [-0.3, -0.25) is 14.3 Å². The van der Waals surface area contributed by atoms with Crippen molar-refractivity contribution < 1.29 is 18.0 Å². The van der Waals surface area contributed by atoms with Gasteiger partial charge in [-0.15, -0.1) is 0 Å². The fourth-order valence-corrected chi connectivity index (χ4v) is 4.83. The number of aryl methyl sites for hydroxylation is 2. The first-order chi connectivity index (χ1) is 15.2. The van der Waals surface area contributed by atoms with Gasteiger partial charge in [-0.05, 0) is 62.9 Å². The molecule has 0 aromatic heterocycles. The van der Waals surface area contributed by atoms with E-state index in [-0.39, 0.29) is 22.6 Å². The quantitative estimate of drug-likeness (QED) is 0.665. The molecule has 8 heteroatoms. The number of hydrogen-bond acceptors (Lipinski definition) is 4. The molecule has 0 bridgehead atoms. The Bertz CT molecular complexity index is 1070. The zero-order chi connectivity index (χ0) is 23.3. The van der Waals surface area contributed by atoms with E-state index in [2.05, 4.69) is 10.0 Å². The predicted octanol–water partition coefficient (Wildman–Crippen LogP) is 3.48. The fraction of sp³-hybridized carbons (Fsp3) is 0.417. The molecule has 0 unspecified atom stereocenters. The van der Waals surface area contributed by atoms with E-state index < -0.39 is 10.0 Å². The van der Waals surface area contributed by atoms with Crippen molar-refractivity contribution in [3.05, 3.63) is 59.2 Å². The van der Waals surface area contributed by atoms with Crippen LogP contribution in [0.2, 0.25) is 0 Å². The Hall–Kier alpha value is -2.87. The molecule has 172 valence electrons. The second-order valence-corrected chi connectivity index (χ2v) is 9.99. The van der Waals surface area contributed by atoms with Crippen LogP contribution in [-0.2, 0) is 14.8 Å². The van der Waals surface area contributed by atoms with Crippen molar-refractivity contribution >= 4 is 27.5 Å². The summed E-state index contributed by atoms with van der Waals surface area (Å²) in [5.74, 6) is -0.246. The summed E-state index contributed by atoms with van der Waals surface area (Å²) in [4.78, 5) is 27.1. The zero-order valence-electron chi connectivity index (χ0n) is 18.8. The van der Waals surface area contributed by atoms with E-state index in [0.29, 0.717) is 49.3 Å². The van der Waals surface area contributed by atoms with E-state index in [4.69, 9.17) is 0 Å². The Morgan fingerprint density at radius 3 is 2.31 bits per heavy atom. The van der Waals surface area contributed by atoms with Crippen LogP contribution in [0.4, 0.5) is 5.69 Å². The van der Waals surface area contributed by atoms with Crippen LogP contribution in [0.15, 0.2) is 47.4 Å². The third-order valence-corrected chi connectivity index (χ3v) is 7.13. The number of likely N-dealkylation sites (tertiary alicyclic amines) is 1. The highest BCUT2D eigenvalue weighted by Gasteiger charge is 2.29. The van der Waals surface area contributed by atoms with Gasteiger partial charge < -0.3 is 10.2 Å². The number of carbonyl (C=O) groups excluding carboxylic acids is 2. The first-order valence-electron chi connectivity index (χ1n) is 11.0. The van der Waals surface area contributed by atoms with Gasteiger partial charge >= 0.3 is 0 Å². The first-order valence-corrected chi connectivity index (χ1v) is 12.5. The first kappa shape index (κ1) is 23.8. The molecule has 0 spiro atoms. The number of nitrogens with zero attached hydrogens (tertiary/aromatic N) is 1. The number of amides is 2. The van der Waals surface area contributed by atoms with Gasteiger partial charge in [-0.25, -0.2) is 8.42 Å². The van der Waals surface area contributed by atoms with Crippen molar-refractivity contribution in [2.75, 3.05) is 24.4 Å². The number of nitrogens with one attached hydrogen (secondary N) is 2. The Kier molecular flexibility index (Phi) is 7.56. The maximum Gasteiger partial charge on any atom is 0.261 e. The smallest absolute Gasteiger partial charge is 0.261 e. The summed E-state index contributed by atoms with van der Waals surface area (Å²) >= 11 is 0. The highest BCUT2D eigenvalue weighted by atomic mass is 32.2. The van der Waals surface area contributed by atoms with Gasteiger partial charge in [0, 0.05) is 36.8 Å². The largest absolute Gasteiger partial charge is 0.356 e. The summed E-state index contributed by atoms with van der Waals surface area (Å²) in [7, 11) is -3.83. The molecular formula is C24H31N3O4S. The van der Waals surface area contributed by atoms with Crippen LogP contribution in [-0.4, -0.2) is 44.8 Å². The van der Waals surface area contributed by atoms with Crippen molar-refractivity contribution in [1.82, 2.24) is 10.2 Å². The minimum absolute atomic E-state index is 0.0425. The number of piperidine rings is 1. The average molecular weight is 458 g/mol. The van der Waals surface area contributed by atoms with E-state index in [1.54, 1.807) is 30.0 Å². The monoisotopic (exact) mass is 457 g/mol. The number of rotatable bonds is 7. The molecular weight excluding hydrogens is 426 g/mol. The van der Waals surface area contributed by atoms with Crippen molar-refractivity contribution in [3.63, 3.8) is 0 Å². The molecule has 0 radical (unpaired) electrons. The van der Waals surface area contributed by atoms with Gasteiger partial charge in [-0.1, -0.05) is 30.7 Å². The fourth-order valence-electron chi connectivity index (χ4n) is 3.74. The van der Waals surface area contributed by atoms with E-state index in [9.17, 15) is 18.0 Å². The summed E-state index contributed by atoms with van der Waals surface area (Å²) < 4.78 is 28.3. The molecule has 1 heterocycles. The second kappa shape index (κ2) is 10.2. The molecule has 32 heavy (non-hydrogen) atoms. The maximum atomic E-state index is 13.2. The van der Waals surface area contributed by atoms with Crippen molar-refractivity contribution in [3.8, 4) is 0 Å². The van der Waals surface area contributed by atoms with Gasteiger partial charge in [-0.2, -0.15) is 0 Å². The Balaban J connectivity index is 1.72. The maximum absolute atomic E-state index is 13.2. The van der Waals surface area contributed by atoms with E-state index in [1.807, 2.05) is 26.0 Å². The van der Waals surface area contributed by atoms with Gasteiger partial charge in [0.1, 0.15) is 0 Å². The summed E-state index contributed by atoms with van der Waals surface area (Å²) in [5, 5.41) is 2.92. The minimum atomic E-state index is -3.83. The van der Waals surface area contributed by atoms with Crippen LogP contribution in [0.3, 0.4) is 0 Å². The summed E-state index contributed by atoms with van der Waals surface area (Å²) in [6.45, 7) is 7.34. The van der Waals surface area contributed by atoms with Crippen molar-refractivity contribution in [1.29, 1.82) is 0 Å². The van der Waals surface area contributed by atoms with Crippen LogP contribution in [0.1, 0.15) is 47.7 Å². The normalized spacial score (nSPS) is 14.8. The molecule has 7 nitrogen and oxygen atoms in total. The zero-order valence-corrected chi connectivity index (χ0v) is 19.7. The molecule has 1 aliphatic heterocycles. The number of hydrogen-bond donors (Lipinski definition) is 2. The molecule has 1 saturated heterocycles. The SMILES string of the molecule is CCCNC(=O)C1CCN(C(=O)c2cc(S(=O)(=O)Nc3ccc(C)cc3)ccc2C)CC1. The highest BCUT2D eigenvalue weighted by molar-refractivity contribution is 7.92. The van der Waals surface area contributed by atoms with Crippen LogP contribution < -0.4 is 10.0 Å². The molecule has 0 aliphatic carbocycles. The van der Waals surface area contributed by atoms with Gasteiger partial charge in [0.15, 0.2) is 0 Å². The van der Waals surface area contributed by atoms with Gasteiger partial charge in [0.05, 0.1) is 4.90 Å². The molecule has 2 N–H and O–H groups in total. The van der Waals surface area contributed by atoms with Crippen molar-refractivity contribution in [2.45, 2.75) is 44.9 Å². The number of anilines is 1. The number of benzene rings is 2. The Labute approximate surface area is 190 Å². The Morgan fingerprint density at radius 2 is 1.69 bits per heavy atom. The lowest BCUT2D eigenvalue weighted by molar-refractivity contribution is -0.126. The molecule has 0 saturated carbocycles. The third kappa shape index (κ3) is 5.68. The van der Waals surface area contributed by atoms with Gasteiger partial charge in [0.2, 0.25) is 5.91 Å². The van der Waals surface area contributed by atoms with E-state index in [1.165, 1.54) is 12.1 Å². The predicted molar refractivity (Wildman–Crippen MR) is 125 cm³/mol. The Morgan fingerprint density at radius 1 is 1.03 bits per heavy atom. The summed E-state index contributed by atoms with van der Waals surface area (Å²) in [5.41, 5.74) is 2.58. The minimum Gasteiger partial charge on any atom is -0.356 e. The highest BCUT2D eigenvalue weighted by Crippen LogP contribution is 2.24. The molecule has 2 aromatic rings. The molecule has 2 amide bonds. The summed E-state index contributed by atoms with van der Waals surface area (Å²) in [6, 6.07) is 11.7. The average Bonchev–Trinajstić information content (AvgIpc) is 2.78. The van der Waals surface area contributed by atoms with Crippen molar-refractivity contribution in [2.24, 2.45) is 5.92 Å². The van der Waals surface area contributed by atoms with Gasteiger partial charge in [0.25, 0.3) is 15.9 Å². The lowest BCUT2D eigenvalue weighted by Gasteiger charge is -2.31. The van der Waals surface area contributed by atoms with Crippen LogP contribution in [0.25, 0.3) is 0 Å². The lowest BCUT2D eigenvalue weighted by atomic mass is 9.95. The van der Waals surface area contributed by atoms with E-state index in [0.717, 1.165) is 12.0 Å². The lowest BCUT2D eigenvalue weighted by Crippen LogP contribution is -2.43. The number of carbonyl (C=O) groups is 2. The standard InChI is InChI=1S/C24H31N3O4S/c1-4-13-25-23(28)19-11-14-27(15-12-19)24(29)22-16-21(10-7-18(22)3)32(30,31)26-20-8-5-17(2)6-9-20/h5-10,16,19,26H,4,11-15H2,1-3H3,(H,25,28). The van der Waals surface area contributed by atoms with Crippen LogP contribution >= 0.6 is 0 Å². The van der Waals surface area contributed by atoms with Crippen LogP contribution in [0.5, 0.6) is 0 Å². The molecule has 1 aliphatic rings. The molecule has 3 rings (SSSR count). The second-order valence-electron chi connectivity index (χ2n) is 8.31. The summed E-state index contributed by atoms with van der Waals surface area (Å²) in [6.07, 6.45) is 2.10. The van der Waals surface area contributed by atoms with Crippen LogP contribution in [0, 0.1) is 19.8 Å². The third-order valence-electron chi connectivity index (χ3n) is 5.76. The topological polar surface area (TPSA) is 95.6 Å². The van der Waals surface area contributed by atoms with E-state index >= 15 is 0 Å².